The van der Waals surface area contributed by atoms with Gasteiger partial charge < -0.3 is 24.8 Å². The van der Waals surface area contributed by atoms with Crippen molar-refractivity contribution in [2.45, 2.75) is 20.5 Å². The summed E-state index contributed by atoms with van der Waals surface area (Å²) < 4.78 is 40.7. The first kappa shape index (κ1) is 24.5. The molecule has 0 saturated carbocycles. The number of halogens is 2. The standard InChI is InChI=1S/C25H24F2N2O5/c1-3-32-21-15-20(29-24(31)17-11-8-12-18(13-17)34-25(26)27)22(33-4-2)14-19(21)28-23(30)16-9-6-5-7-10-16/h5-15,25H,3-4H2,1-2H3,(H,28,30)(H,29,31). The smallest absolute Gasteiger partial charge is 0.387 e. The van der Waals surface area contributed by atoms with Gasteiger partial charge in [-0.05, 0) is 44.2 Å². The van der Waals surface area contributed by atoms with Crippen LogP contribution in [-0.4, -0.2) is 31.6 Å². The molecule has 9 heteroatoms. The van der Waals surface area contributed by atoms with Crippen LogP contribution in [0.15, 0.2) is 66.7 Å². The number of hydrogen-bond acceptors (Lipinski definition) is 5. The van der Waals surface area contributed by atoms with Crippen LogP contribution in [0.3, 0.4) is 0 Å². The lowest BCUT2D eigenvalue weighted by Gasteiger charge is -2.18. The molecule has 0 spiro atoms. The highest BCUT2D eigenvalue weighted by molar-refractivity contribution is 6.07. The maximum absolute atomic E-state index is 12.8. The highest BCUT2D eigenvalue weighted by Crippen LogP contribution is 2.37. The number of carbonyl (C=O) groups is 2. The molecule has 178 valence electrons. The number of rotatable bonds is 10. The van der Waals surface area contributed by atoms with E-state index in [1.165, 1.54) is 30.3 Å². The molecule has 0 aliphatic heterocycles. The second-order valence-electron chi connectivity index (χ2n) is 6.89. The molecular weight excluding hydrogens is 446 g/mol. The van der Waals surface area contributed by atoms with Crippen LogP contribution in [0.5, 0.6) is 17.2 Å². The summed E-state index contributed by atoms with van der Waals surface area (Å²) in [6.45, 7) is 1.15. The Morgan fingerprint density at radius 1 is 0.765 bits per heavy atom. The van der Waals surface area contributed by atoms with Gasteiger partial charge in [-0.15, -0.1) is 0 Å². The first-order valence-electron chi connectivity index (χ1n) is 10.6. The number of nitrogens with one attached hydrogen (secondary N) is 2. The zero-order valence-corrected chi connectivity index (χ0v) is 18.6. The van der Waals surface area contributed by atoms with Crippen molar-refractivity contribution in [1.29, 1.82) is 0 Å². The van der Waals surface area contributed by atoms with Gasteiger partial charge in [-0.1, -0.05) is 24.3 Å². The van der Waals surface area contributed by atoms with Crippen LogP contribution in [-0.2, 0) is 0 Å². The monoisotopic (exact) mass is 470 g/mol. The second-order valence-corrected chi connectivity index (χ2v) is 6.89. The van der Waals surface area contributed by atoms with Crippen molar-refractivity contribution in [3.05, 3.63) is 77.9 Å². The molecule has 0 aromatic heterocycles. The molecule has 2 amide bonds. The van der Waals surface area contributed by atoms with E-state index in [2.05, 4.69) is 15.4 Å². The van der Waals surface area contributed by atoms with E-state index in [9.17, 15) is 18.4 Å². The fraction of sp³-hybridized carbons (Fsp3) is 0.200. The molecule has 3 rings (SSSR count). The molecule has 0 aliphatic carbocycles. The predicted molar refractivity (Wildman–Crippen MR) is 124 cm³/mol. The molecule has 0 heterocycles. The summed E-state index contributed by atoms with van der Waals surface area (Å²) in [5, 5.41) is 5.51. The molecule has 2 N–H and O–H groups in total. The van der Waals surface area contributed by atoms with E-state index in [1.807, 2.05) is 6.07 Å². The Hall–Kier alpha value is -4.14. The lowest BCUT2D eigenvalue weighted by atomic mass is 10.1. The number of benzene rings is 3. The average molecular weight is 470 g/mol. The number of anilines is 2. The molecule has 0 bridgehead atoms. The van der Waals surface area contributed by atoms with E-state index < -0.39 is 12.5 Å². The van der Waals surface area contributed by atoms with Gasteiger partial charge in [0.15, 0.2) is 0 Å². The Kier molecular flexibility index (Phi) is 8.39. The van der Waals surface area contributed by atoms with Crippen molar-refractivity contribution >= 4 is 23.2 Å². The lowest BCUT2D eigenvalue weighted by Crippen LogP contribution is -2.16. The summed E-state index contributed by atoms with van der Waals surface area (Å²) >= 11 is 0. The molecule has 0 radical (unpaired) electrons. The predicted octanol–water partition coefficient (Wildman–Crippen LogP) is 5.59. The van der Waals surface area contributed by atoms with Gasteiger partial charge in [0.2, 0.25) is 0 Å². The topological polar surface area (TPSA) is 85.9 Å². The maximum Gasteiger partial charge on any atom is 0.387 e. The van der Waals surface area contributed by atoms with Crippen molar-refractivity contribution in [2.24, 2.45) is 0 Å². The third-order valence-corrected chi connectivity index (χ3v) is 4.54. The summed E-state index contributed by atoms with van der Waals surface area (Å²) in [6, 6.07) is 17.2. The third kappa shape index (κ3) is 6.44. The average Bonchev–Trinajstić information content (AvgIpc) is 2.82. The third-order valence-electron chi connectivity index (χ3n) is 4.54. The fourth-order valence-electron chi connectivity index (χ4n) is 3.10. The summed E-state index contributed by atoms with van der Waals surface area (Å²) in [6.07, 6.45) is 0. The van der Waals surface area contributed by atoms with E-state index in [1.54, 1.807) is 44.2 Å². The zero-order valence-electron chi connectivity index (χ0n) is 18.6. The van der Waals surface area contributed by atoms with Gasteiger partial charge in [-0.25, -0.2) is 0 Å². The summed E-state index contributed by atoms with van der Waals surface area (Å²) in [4.78, 5) is 25.5. The Labute approximate surface area is 195 Å². The quantitative estimate of drug-likeness (QED) is 0.403. The highest BCUT2D eigenvalue weighted by Gasteiger charge is 2.18. The van der Waals surface area contributed by atoms with Gasteiger partial charge in [-0.3, -0.25) is 9.59 Å². The fourth-order valence-corrected chi connectivity index (χ4v) is 3.10. The van der Waals surface area contributed by atoms with Crippen LogP contribution < -0.4 is 24.8 Å². The summed E-state index contributed by atoms with van der Waals surface area (Å²) in [5.74, 6) is -0.426. The van der Waals surface area contributed by atoms with Gasteiger partial charge >= 0.3 is 6.61 Å². The summed E-state index contributed by atoms with van der Waals surface area (Å²) in [5.41, 5.74) is 1.23. The second kappa shape index (κ2) is 11.6. The van der Waals surface area contributed by atoms with E-state index in [4.69, 9.17) is 9.47 Å². The van der Waals surface area contributed by atoms with Crippen LogP contribution in [0, 0.1) is 0 Å². The van der Waals surface area contributed by atoms with E-state index in [-0.39, 0.29) is 22.9 Å². The Morgan fingerprint density at radius 3 is 1.82 bits per heavy atom. The largest absolute Gasteiger partial charge is 0.492 e. The minimum atomic E-state index is -3.00. The van der Waals surface area contributed by atoms with Gasteiger partial charge in [0.1, 0.15) is 17.2 Å². The first-order valence-corrected chi connectivity index (χ1v) is 10.6. The molecule has 7 nitrogen and oxygen atoms in total. The molecule has 3 aromatic rings. The zero-order chi connectivity index (χ0) is 24.5. The molecule has 0 atom stereocenters. The van der Waals surface area contributed by atoms with E-state index in [0.717, 1.165) is 0 Å². The number of hydrogen-bond donors (Lipinski definition) is 2. The Bertz CT molecular complexity index is 1140. The molecular formula is C25H24F2N2O5. The minimum Gasteiger partial charge on any atom is -0.492 e. The van der Waals surface area contributed by atoms with Gasteiger partial charge in [-0.2, -0.15) is 8.78 Å². The van der Waals surface area contributed by atoms with Crippen LogP contribution in [0.2, 0.25) is 0 Å². The maximum atomic E-state index is 12.8. The molecule has 3 aromatic carbocycles. The van der Waals surface area contributed by atoms with Gasteiger partial charge in [0, 0.05) is 23.3 Å². The van der Waals surface area contributed by atoms with Crippen molar-refractivity contribution in [1.82, 2.24) is 0 Å². The van der Waals surface area contributed by atoms with Crippen molar-refractivity contribution in [3.63, 3.8) is 0 Å². The summed E-state index contributed by atoms with van der Waals surface area (Å²) in [7, 11) is 0. The van der Waals surface area contributed by atoms with E-state index >= 15 is 0 Å². The Balaban J connectivity index is 1.90. The molecule has 34 heavy (non-hydrogen) atoms. The first-order chi connectivity index (χ1) is 16.4. The van der Waals surface area contributed by atoms with E-state index in [0.29, 0.717) is 36.0 Å². The molecule has 0 unspecified atom stereocenters. The SMILES string of the molecule is CCOc1cc(NC(=O)c2cccc(OC(F)F)c2)c(OCC)cc1NC(=O)c1ccccc1. The number of carbonyl (C=O) groups excluding carboxylic acids is 2. The molecule has 0 saturated heterocycles. The van der Waals surface area contributed by atoms with Gasteiger partial charge in [0.05, 0.1) is 24.6 Å². The van der Waals surface area contributed by atoms with Crippen molar-refractivity contribution < 1.29 is 32.6 Å². The minimum absolute atomic E-state index is 0.111. The molecule has 0 aliphatic rings. The van der Waals surface area contributed by atoms with Crippen LogP contribution in [0.25, 0.3) is 0 Å². The lowest BCUT2D eigenvalue weighted by molar-refractivity contribution is -0.0498. The van der Waals surface area contributed by atoms with Crippen LogP contribution >= 0.6 is 0 Å². The number of alkyl halides is 2. The normalized spacial score (nSPS) is 10.5. The highest BCUT2D eigenvalue weighted by atomic mass is 19.3. The van der Waals surface area contributed by atoms with Crippen molar-refractivity contribution in [3.8, 4) is 17.2 Å². The van der Waals surface area contributed by atoms with Crippen molar-refractivity contribution in [2.75, 3.05) is 23.8 Å². The van der Waals surface area contributed by atoms with Gasteiger partial charge in [0.25, 0.3) is 11.8 Å². The van der Waals surface area contributed by atoms with Crippen LogP contribution in [0.4, 0.5) is 20.2 Å². The Morgan fingerprint density at radius 2 is 1.29 bits per heavy atom. The van der Waals surface area contributed by atoms with Crippen LogP contribution in [0.1, 0.15) is 34.6 Å². The number of ether oxygens (including phenoxy) is 3. The number of amides is 2. The molecule has 0 fully saturated rings.